The van der Waals surface area contributed by atoms with E-state index >= 15 is 0 Å². The largest absolute Gasteiger partial charge is 0.450 e. The standard InChI is InChI=1S/C17H20N2O2/c1-3-21-17(20)19-10-8-14-12(2)13-6-4-5-7-15(13)18-16(14)9-11-19/h4-7H,3,8-11H2,1-2H3. The summed E-state index contributed by atoms with van der Waals surface area (Å²) in [4.78, 5) is 18.5. The van der Waals surface area contributed by atoms with Crippen molar-refractivity contribution >= 4 is 17.0 Å². The Bertz CT molecular complexity index is 682. The maximum absolute atomic E-state index is 11.9. The number of carbonyl (C=O) groups excluding carboxylic acids is 1. The fourth-order valence-corrected chi connectivity index (χ4v) is 3.02. The van der Waals surface area contributed by atoms with E-state index in [1.165, 1.54) is 16.5 Å². The molecule has 1 aliphatic rings. The lowest BCUT2D eigenvalue weighted by Gasteiger charge is -2.18. The van der Waals surface area contributed by atoms with Crippen molar-refractivity contribution in [1.82, 2.24) is 9.88 Å². The van der Waals surface area contributed by atoms with Crippen LogP contribution in [0.4, 0.5) is 4.79 Å². The van der Waals surface area contributed by atoms with Crippen LogP contribution < -0.4 is 0 Å². The number of hydrogen-bond acceptors (Lipinski definition) is 3. The summed E-state index contributed by atoms with van der Waals surface area (Å²) in [5.74, 6) is 0. The van der Waals surface area contributed by atoms with E-state index in [1.54, 1.807) is 4.90 Å². The number of para-hydroxylation sites is 1. The van der Waals surface area contributed by atoms with Crippen LogP contribution in [0.15, 0.2) is 24.3 Å². The highest BCUT2D eigenvalue weighted by Gasteiger charge is 2.22. The minimum atomic E-state index is -0.215. The summed E-state index contributed by atoms with van der Waals surface area (Å²) in [6.45, 7) is 5.79. The Morgan fingerprint density at radius 1 is 1.29 bits per heavy atom. The first-order valence-corrected chi connectivity index (χ1v) is 7.49. The molecule has 1 amide bonds. The van der Waals surface area contributed by atoms with Gasteiger partial charge in [-0.1, -0.05) is 18.2 Å². The third-order valence-corrected chi connectivity index (χ3v) is 4.14. The Labute approximate surface area is 124 Å². The molecule has 4 nitrogen and oxygen atoms in total. The topological polar surface area (TPSA) is 42.4 Å². The molecule has 2 heterocycles. The minimum absolute atomic E-state index is 0.215. The molecule has 0 fully saturated rings. The zero-order valence-corrected chi connectivity index (χ0v) is 12.6. The van der Waals surface area contributed by atoms with Gasteiger partial charge in [-0.25, -0.2) is 4.79 Å². The second-order valence-corrected chi connectivity index (χ2v) is 5.37. The fraction of sp³-hybridized carbons (Fsp3) is 0.412. The van der Waals surface area contributed by atoms with Crippen molar-refractivity contribution in [1.29, 1.82) is 0 Å². The second-order valence-electron chi connectivity index (χ2n) is 5.37. The van der Waals surface area contributed by atoms with Crippen LogP contribution in [0.3, 0.4) is 0 Å². The van der Waals surface area contributed by atoms with E-state index in [0.717, 1.165) is 24.1 Å². The van der Waals surface area contributed by atoms with Gasteiger partial charge in [0.25, 0.3) is 0 Å². The summed E-state index contributed by atoms with van der Waals surface area (Å²) >= 11 is 0. The molecule has 0 spiro atoms. The van der Waals surface area contributed by atoms with Gasteiger partial charge in [-0.05, 0) is 37.5 Å². The summed E-state index contributed by atoms with van der Waals surface area (Å²) in [6.07, 6.45) is 1.42. The number of aromatic nitrogens is 1. The van der Waals surface area contributed by atoms with Crippen LogP contribution in [0, 0.1) is 6.92 Å². The summed E-state index contributed by atoms with van der Waals surface area (Å²) in [5.41, 5.74) is 4.75. The smallest absolute Gasteiger partial charge is 0.409 e. The lowest BCUT2D eigenvalue weighted by molar-refractivity contribution is 0.109. The van der Waals surface area contributed by atoms with Crippen LogP contribution in [0.25, 0.3) is 10.9 Å². The molecule has 0 unspecified atom stereocenters. The molecule has 3 rings (SSSR count). The van der Waals surface area contributed by atoms with Crippen molar-refractivity contribution in [3.8, 4) is 0 Å². The molecule has 0 saturated carbocycles. The maximum Gasteiger partial charge on any atom is 0.409 e. The van der Waals surface area contributed by atoms with Gasteiger partial charge >= 0.3 is 6.09 Å². The Morgan fingerprint density at radius 2 is 2.05 bits per heavy atom. The summed E-state index contributed by atoms with van der Waals surface area (Å²) < 4.78 is 5.11. The Hall–Kier alpha value is -2.10. The zero-order valence-electron chi connectivity index (χ0n) is 12.6. The quantitative estimate of drug-likeness (QED) is 0.808. The zero-order chi connectivity index (χ0) is 14.8. The van der Waals surface area contributed by atoms with E-state index in [4.69, 9.17) is 9.72 Å². The van der Waals surface area contributed by atoms with Crippen LogP contribution in [0.2, 0.25) is 0 Å². The third-order valence-electron chi connectivity index (χ3n) is 4.14. The molecule has 21 heavy (non-hydrogen) atoms. The predicted molar refractivity (Wildman–Crippen MR) is 82.5 cm³/mol. The van der Waals surface area contributed by atoms with Crippen LogP contribution in [0.1, 0.15) is 23.7 Å². The van der Waals surface area contributed by atoms with Crippen LogP contribution in [-0.4, -0.2) is 35.7 Å². The molecule has 110 valence electrons. The molecule has 0 bridgehead atoms. The lowest BCUT2D eigenvalue weighted by atomic mass is 9.99. The number of carbonyl (C=O) groups is 1. The van der Waals surface area contributed by atoms with E-state index < -0.39 is 0 Å². The van der Waals surface area contributed by atoms with Crippen molar-refractivity contribution < 1.29 is 9.53 Å². The minimum Gasteiger partial charge on any atom is -0.450 e. The fourth-order valence-electron chi connectivity index (χ4n) is 3.02. The predicted octanol–water partition coefficient (Wildman–Crippen LogP) is 3.10. The Morgan fingerprint density at radius 3 is 2.86 bits per heavy atom. The highest BCUT2D eigenvalue weighted by Crippen LogP contribution is 2.25. The third kappa shape index (κ3) is 2.58. The number of amides is 1. The molecule has 0 atom stereocenters. The normalized spacial score (nSPS) is 14.7. The van der Waals surface area contributed by atoms with Gasteiger partial charge in [0.2, 0.25) is 0 Å². The summed E-state index contributed by atoms with van der Waals surface area (Å²) in [5, 5.41) is 1.21. The number of hydrogen-bond donors (Lipinski definition) is 0. The molecule has 2 aromatic rings. The van der Waals surface area contributed by atoms with E-state index in [2.05, 4.69) is 19.1 Å². The first-order chi connectivity index (χ1) is 10.2. The molecule has 0 saturated heterocycles. The van der Waals surface area contributed by atoms with Crippen molar-refractivity contribution in [2.24, 2.45) is 0 Å². The number of aryl methyl sites for hydroxylation is 1. The van der Waals surface area contributed by atoms with Crippen LogP contribution in [0.5, 0.6) is 0 Å². The molecular weight excluding hydrogens is 264 g/mol. The van der Waals surface area contributed by atoms with E-state index in [1.807, 2.05) is 19.1 Å². The highest BCUT2D eigenvalue weighted by molar-refractivity contribution is 5.83. The lowest BCUT2D eigenvalue weighted by Crippen LogP contribution is -2.33. The van der Waals surface area contributed by atoms with E-state index in [0.29, 0.717) is 19.7 Å². The van der Waals surface area contributed by atoms with Gasteiger partial charge in [-0.15, -0.1) is 0 Å². The molecule has 1 aliphatic heterocycles. The molecule has 1 aromatic carbocycles. The number of fused-ring (bicyclic) bond motifs is 2. The van der Waals surface area contributed by atoms with Gasteiger partial charge in [-0.3, -0.25) is 4.98 Å². The van der Waals surface area contributed by atoms with Gasteiger partial charge < -0.3 is 9.64 Å². The van der Waals surface area contributed by atoms with Crippen molar-refractivity contribution in [3.63, 3.8) is 0 Å². The summed E-state index contributed by atoms with van der Waals surface area (Å²) in [6, 6.07) is 8.23. The summed E-state index contributed by atoms with van der Waals surface area (Å²) in [7, 11) is 0. The van der Waals surface area contributed by atoms with E-state index in [9.17, 15) is 4.79 Å². The Balaban J connectivity index is 1.94. The molecular formula is C17H20N2O2. The number of pyridine rings is 1. The maximum atomic E-state index is 11.9. The van der Waals surface area contributed by atoms with Crippen molar-refractivity contribution in [2.75, 3.05) is 19.7 Å². The SMILES string of the molecule is CCOC(=O)N1CCc2nc3ccccc3c(C)c2CC1. The first kappa shape index (κ1) is 13.9. The molecule has 1 aromatic heterocycles. The molecule has 0 radical (unpaired) electrons. The molecule has 0 N–H and O–H groups in total. The number of nitrogens with zero attached hydrogens (tertiary/aromatic N) is 2. The van der Waals surface area contributed by atoms with Gasteiger partial charge in [-0.2, -0.15) is 0 Å². The first-order valence-electron chi connectivity index (χ1n) is 7.49. The number of rotatable bonds is 1. The Kier molecular flexibility index (Phi) is 3.78. The van der Waals surface area contributed by atoms with Gasteiger partial charge in [0, 0.05) is 30.6 Å². The van der Waals surface area contributed by atoms with Gasteiger partial charge in [0.05, 0.1) is 12.1 Å². The van der Waals surface area contributed by atoms with Gasteiger partial charge in [0.15, 0.2) is 0 Å². The highest BCUT2D eigenvalue weighted by atomic mass is 16.6. The molecule has 4 heteroatoms. The van der Waals surface area contributed by atoms with Crippen molar-refractivity contribution in [2.45, 2.75) is 26.7 Å². The average molecular weight is 284 g/mol. The van der Waals surface area contributed by atoms with Gasteiger partial charge in [0.1, 0.15) is 0 Å². The van der Waals surface area contributed by atoms with E-state index in [-0.39, 0.29) is 6.09 Å². The monoisotopic (exact) mass is 284 g/mol. The second kappa shape index (κ2) is 5.72. The average Bonchev–Trinajstić information content (AvgIpc) is 2.71. The molecule has 0 aliphatic carbocycles. The number of benzene rings is 1. The van der Waals surface area contributed by atoms with Crippen LogP contribution >= 0.6 is 0 Å². The van der Waals surface area contributed by atoms with Crippen molar-refractivity contribution in [3.05, 3.63) is 41.1 Å². The number of ether oxygens (including phenoxy) is 1. The van der Waals surface area contributed by atoms with Crippen LogP contribution in [-0.2, 0) is 17.6 Å².